The molecule has 2 unspecified atom stereocenters. The Balaban J connectivity index is 1.35. The number of hydrogen-bond donors (Lipinski definition) is 1. The average molecular weight is 719 g/mol. The summed E-state index contributed by atoms with van der Waals surface area (Å²) in [6.07, 6.45) is 2.98. The van der Waals surface area contributed by atoms with Gasteiger partial charge in [-0.2, -0.15) is 0 Å². The first-order valence-electron chi connectivity index (χ1n) is 16.9. The predicted molar refractivity (Wildman–Crippen MR) is 193 cm³/mol. The van der Waals surface area contributed by atoms with Gasteiger partial charge in [0, 0.05) is 67.3 Å². The summed E-state index contributed by atoms with van der Waals surface area (Å²) in [5.74, 6) is 1.06. The minimum absolute atomic E-state index is 0.0341. The SMILES string of the molecule is COCCCn1c(C2CCCN(C(=O)CC(Cc3ccc(Br)cc3)NC(=O)OC(C)(C)C)C2)cc2c(OCc3ccccc3)cccc21. The Bertz CT molecular complexity index is 1650. The van der Waals surface area contributed by atoms with Gasteiger partial charge in [0.15, 0.2) is 0 Å². The molecule has 2 amide bonds. The van der Waals surface area contributed by atoms with Crippen molar-refractivity contribution >= 4 is 38.8 Å². The fraction of sp³-hybridized carbons (Fsp3) is 0.436. The standard InChI is InChI=1S/C39H48BrN3O5/c1-39(2,3)48-38(45)41-32(23-28-16-18-31(40)19-17-28)24-37(44)42-20-9-13-30(26-42)35-25-33-34(43(35)21-10-22-46-4)14-8-15-36(33)47-27-29-11-6-5-7-12-29/h5-8,11-12,14-19,25,30,32H,9-10,13,20-24,26-27H2,1-4H3,(H,41,45). The Hall–Kier alpha value is -3.82. The van der Waals surface area contributed by atoms with E-state index >= 15 is 0 Å². The average Bonchev–Trinajstić information content (AvgIpc) is 3.43. The summed E-state index contributed by atoms with van der Waals surface area (Å²) < 4.78 is 20.7. The Labute approximate surface area is 292 Å². The Kier molecular flexibility index (Phi) is 12.2. The molecule has 1 aliphatic heterocycles. The van der Waals surface area contributed by atoms with Gasteiger partial charge in [0.2, 0.25) is 5.91 Å². The van der Waals surface area contributed by atoms with Gasteiger partial charge in [0.1, 0.15) is 18.0 Å². The molecule has 5 rings (SSSR count). The Morgan fingerprint density at radius 2 is 1.77 bits per heavy atom. The molecule has 8 nitrogen and oxygen atoms in total. The van der Waals surface area contributed by atoms with Crippen LogP contribution in [0.25, 0.3) is 10.9 Å². The summed E-state index contributed by atoms with van der Waals surface area (Å²) >= 11 is 3.49. The number of aryl methyl sites for hydroxylation is 1. The molecule has 1 saturated heterocycles. The normalized spacial score (nSPS) is 15.7. The van der Waals surface area contributed by atoms with E-state index in [1.807, 2.05) is 74.2 Å². The summed E-state index contributed by atoms with van der Waals surface area (Å²) in [4.78, 5) is 28.7. The third kappa shape index (κ3) is 9.86. The zero-order valence-electron chi connectivity index (χ0n) is 28.5. The molecule has 2 heterocycles. The van der Waals surface area contributed by atoms with Gasteiger partial charge in [-0.1, -0.05) is 64.5 Å². The molecule has 2 atom stereocenters. The maximum atomic E-state index is 13.9. The number of ether oxygens (including phenoxy) is 3. The van der Waals surface area contributed by atoms with Crippen LogP contribution >= 0.6 is 15.9 Å². The number of likely N-dealkylation sites (tertiary alicyclic amines) is 1. The van der Waals surface area contributed by atoms with Crippen molar-refractivity contribution in [1.29, 1.82) is 0 Å². The maximum absolute atomic E-state index is 13.9. The monoisotopic (exact) mass is 717 g/mol. The number of hydrogen-bond acceptors (Lipinski definition) is 5. The van der Waals surface area contributed by atoms with Gasteiger partial charge in [-0.25, -0.2) is 4.79 Å². The molecule has 0 bridgehead atoms. The largest absolute Gasteiger partial charge is 0.488 e. The number of piperidine rings is 1. The van der Waals surface area contributed by atoms with Crippen LogP contribution in [0.15, 0.2) is 83.3 Å². The molecule has 0 spiro atoms. The number of rotatable bonds is 13. The number of alkyl carbamates (subject to hydrolysis) is 1. The maximum Gasteiger partial charge on any atom is 0.407 e. The van der Waals surface area contributed by atoms with E-state index in [1.54, 1.807) is 7.11 Å². The molecule has 256 valence electrons. The van der Waals surface area contributed by atoms with E-state index in [2.05, 4.69) is 56.1 Å². The number of benzene rings is 3. The van der Waals surface area contributed by atoms with Crippen LogP contribution in [0.3, 0.4) is 0 Å². The van der Waals surface area contributed by atoms with Crippen LogP contribution in [0, 0.1) is 0 Å². The Morgan fingerprint density at radius 1 is 1.00 bits per heavy atom. The van der Waals surface area contributed by atoms with Gasteiger partial charge in [0.25, 0.3) is 0 Å². The molecular weight excluding hydrogens is 670 g/mol. The molecular formula is C39H48BrN3O5. The first-order valence-corrected chi connectivity index (χ1v) is 17.7. The highest BCUT2D eigenvalue weighted by Gasteiger charge is 2.30. The van der Waals surface area contributed by atoms with Crippen LogP contribution in [-0.2, 0) is 33.8 Å². The number of carbonyl (C=O) groups excluding carboxylic acids is 2. The van der Waals surface area contributed by atoms with Gasteiger partial charge in [-0.3, -0.25) is 4.79 Å². The molecule has 1 fully saturated rings. The molecule has 1 N–H and O–H groups in total. The number of nitrogens with one attached hydrogen (secondary N) is 1. The fourth-order valence-corrected chi connectivity index (χ4v) is 6.70. The molecule has 48 heavy (non-hydrogen) atoms. The number of nitrogens with zero attached hydrogens (tertiary/aromatic N) is 2. The molecule has 0 radical (unpaired) electrons. The molecule has 0 saturated carbocycles. The van der Waals surface area contributed by atoms with Crippen molar-refractivity contribution < 1.29 is 23.8 Å². The smallest absolute Gasteiger partial charge is 0.407 e. The topological polar surface area (TPSA) is 82.0 Å². The van der Waals surface area contributed by atoms with Crippen LogP contribution in [0.4, 0.5) is 4.79 Å². The van der Waals surface area contributed by atoms with Crippen molar-refractivity contribution in [3.63, 3.8) is 0 Å². The lowest BCUT2D eigenvalue weighted by Crippen LogP contribution is -2.46. The summed E-state index contributed by atoms with van der Waals surface area (Å²) in [5.41, 5.74) is 3.87. The second-order valence-corrected chi connectivity index (χ2v) is 14.5. The second-order valence-electron chi connectivity index (χ2n) is 13.6. The highest BCUT2D eigenvalue weighted by atomic mass is 79.9. The van der Waals surface area contributed by atoms with Gasteiger partial charge < -0.3 is 29.0 Å². The lowest BCUT2D eigenvalue weighted by molar-refractivity contribution is -0.132. The highest BCUT2D eigenvalue weighted by Crippen LogP contribution is 2.36. The number of methoxy groups -OCH3 is 1. The summed E-state index contributed by atoms with van der Waals surface area (Å²) in [6, 6.07) is 26.3. The van der Waals surface area contributed by atoms with Crippen LogP contribution in [-0.4, -0.2) is 59.9 Å². The van der Waals surface area contributed by atoms with Gasteiger partial charge in [-0.15, -0.1) is 0 Å². The fourth-order valence-electron chi connectivity index (χ4n) is 6.43. The van der Waals surface area contributed by atoms with Crippen molar-refractivity contribution in [2.45, 2.75) is 83.6 Å². The van der Waals surface area contributed by atoms with Gasteiger partial charge in [-0.05, 0) is 87.9 Å². The second kappa shape index (κ2) is 16.5. The minimum atomic E-state index is -0.634. The lowest BCUT2D eigenvalue weighted by atomic mass is 9.93. The predicted octanol–water partition coefficient (Wildman–Crippen LogP) is 8.25. The van der Waals surface area contributed by atoms with E-state index in [0.29, 0.717) is 32.7 Å². The van der Waals surface area contributed by atoms with Crippen molar-refractivity contribution in [2.75, 3.05) is 26.8 Å². The minimum Gasteiger partial charge on any atom is -0.488 e. The number of amides is 2. The van der Waals surface area contributed by atoms with Gasteiger partial charge >= 0.3 is 6.09 Å². The molecule has 4 aromatic rings. The first-order chi connectivity index (χ1) is 23.1. The number of fused-ring (bicyclic) bond motifs is 1. The van der Waals surface area contributed by atoms with Gasteiger partial charge in [0.05, 0.1) is 5.52 Å². The van der Waals surface area contributed by atoms with E-state index < -0.39 is 17.7 Å². The van der Waals surface area contributed by atoms with Crippen LogP contribution in [0.2, 0.25) is 0 Å². The quantitative estimate of drug-likeness (QED) is 0.141. The summed E-state index contributed by atoms with van der Waals surface area (Å²) in [5, 5.41) is 4.07. The van der Waals surface area contributed by atoms with E-state index in [1.165, 1.54) is 5.69 Å². The van der Waals surface area contributed by atoms with Crippen LogP contribution in [0.1, 0.15) is 69.2 Å². The van der Waals surface area contributed by atoms with Crippen LogP contribution < -0.4 is 10.1 Å². The van der Waals surface area contributed by atoms with Crippen molar-refractivity contribution in [3.8, 4) is 5.75 Å². The Morgan fingerprint density at radius 3 is 2.50 bits per heavy atom. The zero-order chi connectivity index (χ0) is 34.1. The lowest BCUT2D eigenvalue weighted by Gasteiger charge is -2.34. The van der Waals surface area contributed by atoms with Crippen LogP contribution in [0.5, 0.6) is 5.75 Å². The number of halogens is 1. The third-order valence-corrected chi connectivity index (χ3v) is 9.16. The van der Waals surface area contributed by atoms with Crippen molar-refractivity contribution in [1.82, 2.24) is 14.8 Å². The van der Waals surface area contributed by atoms with E-state index in [0.717, 1.165) is 58.1 Å². The van der Waals surface area contributed by atoms with E-state index in [-0.39, 0.29) is 18.2 Å². The third-order valence-electron chi connectivity index (χ3n) is 8.63. The first kappa shape index (κ1) is 35.5. The zero-order valence-corrected chi connectivity index (χ0v) is 30.1. The summed E-state index contributed by atoms with van der Waals surface area (Å²) in [6.45, 7) is 8.80. The highest BCUT2D eigenvalue weighted by molar-refractivity contribution is 9.10. The number of aromatic nitrogens is 1. The number of carbonyl (C=O) groups is 2. The molecule has 3 aromatic carbocycles. The molecule has 1 aliphatic rings. The molecule has 1 aromatic heterocycles. The van der Waals surface area contributed by atoms with E-state index in [4.69, 9.17) is 14.2 Å². The molecule has 9 heteroatoms. The summed E-state index contributed by atoms with van der Waals surface area (Å²) in [7, 11) is 1.73. The molecule has 0 aliphatic carbocycles. The van der Waals surface area contributed by atoms with Crippen molar-refractivity contribution in [3.05, 3.63) is 100 Å². The van der Waals surface area contributed by atoms with E-state index in [9.17, 15) is 9.59 Å². The van der Waals surface area contributed by atoms with Crippen molar-refractivity contribution in [2.24, 2.45) is 0 Å².